The summed E-state index contributed by atoms with van der Waals surface area (Å²) in [4.78, 5) is 25.7. The average Bonchev–Trinajstić information content (AvgIpc) is 3.37. The maximum atomic E-state index is 12.9. The van der Waals surface area contributed by atoms with Crippen molar-refractivity contribution in [2.45, 2.75) is 84.4 Å². The molecule has 0 saturated heterocycles. The van der Waals surface area contributed by atoms with Crippen LogP contribution in [0, 0.1) is 40.4 Å². The standard InChI is InChI=1S/C26H41ClO4/c1-5-6-10-31-11-8-7-9-20-18(4)23(27)13-22(20)25(16-28)14-19-12-21(17(2)3)26(25,15-19)24(29)30/h12,16-20,22-23H,5-11,13-15H2,1-4H3,(H,29,30). The Hall–Kier alpha value is -0.870. The van der Waals surface area contributed by atoms with E-state index in [-0.39, 0.29) is 29.0 Å². The summed E-state index contributed by atoms with van der Waals surface area (Å²) in [5.74, 6) is 0.120. The average molecular weight is 453 g/mol. The lowest BCUT2D eigenvalue weighted by atomic mass is 9.52. The minimum absolute atomic E-state index is 0.00378. The quantitative estimate of drug-likeness (QED) is 0.168. The van der Waals surface area contributed by atoms with Crippen LogP contribution >= 0.6 is 11.6 Å². The number of aliphatic carboxylic acids is 1. The molecule has 2 saturated carbocycles. The molecule has 0 aliphatic heterocycles. The third-order valence-electron chi connectivity index (χ3n) is 8.69. The van der Waals surface area contributed by atoms with Crippen molar-refractivity contribution < 1.29 is 19.4 Å². The minimum atomic E-state index is -1.06. The number of allylic oxidation sites excluding steroid dienone is 1. The highest BCUT2D eigenvalue weighted by Crippen LogP contribution is 2.71. The number of hydrogen-bond donors (Lipinski definition) is 1. The molecule has 31 heavy (non-hydrogen) atoms. The first kappa shape index (κ1) is 24.8. The SMILES string of the molecule is CCCCOCCCCC1C(C)C(Cl)CC1C1(C=O)CC2C=C(C(C)C)C1(C(=O)O)C2. The number of fused-ring (bicyclic) bond motifs is 2. The lowest BCUT2D eigenvalue weighted by molar-refractivity contribution is -0.160. The number of carboxylic acids is 1. The Morgan fingerprint density at radius 1 is 1.29 bits per heavy atom. The molecule has 3 rings (SSSR count). The minimum Gasteiger partial charge on any atom is -0.481 e. The molecular formula is C26H41ClO4. The Kier molecular flexibility index (Phi) is 7.95. The van der Waals surface area contributed by atoms with Gasteiger partial charge in [-0.3, -0.25) is 4.79 Å². The molecule has 0 amide bonds. The van der Waals surface area contributed by atoms with Crippen molar-refractivity contribution in [3.8, 4) is 0 Å². The molecular weight excluding hydrogens is 412 g/mol. The number of hydrogen-bond acceptors (Lipinski definition) is 3. The summed E-state index contributed by atoms with van der Waals surface area (Å²) in [7, 11) is 0. The zero-order chi connectivity index (χ0) is 22.8. The molecule has 2 bridgehead atoms. The van der Waals surface area contributed by atoms with Crippen LogP contribution in [-0.4, -0.2) is 36.0 Å². The second-order valence-electron chi connectivity index (χ2n) is 10.7. The summed E-state index contributed by atoms with van der Waals surface area (Å²) in [6.45, 7) is 10.1. The summed E-state index contributed by atoms with van der Waals surface area (Å²) in [6, 6.07) is 0. The second-order valence-corrected chi connectivity index (χ2v) is 11.2. The largest absolute Gasteiger partial charge is 0.481 e. The highest BCUT2D eigenvalue weighted by molar-refractivity contribution is 6.21. The van der Waals surface area contributed by atoms with E-state index in [1.807, 2.05) is 0 Å². The predicted octanol–water partition coefficient (Wildman–Crippen LogP) is 6.12. The van der Waals surface area contributed by atoms with Gasteiger partial charge >= 0.3 is 5.97 Å². The van der Waals surface area contributed by atoms with Crippen LogP contribution in [-0.2, 0) is 14.3 Å². The summed E-state index contributed by atoms with van der Waals surface area (Å²) >= 11 is 6.77. The van der Waals surface area contributed by atoms with Crippen LogP contribution in [0.25, 0.3) is 0 Å². The number of rotatable bonds is 12. The van der Waals surface area contributed by atoms with Gasteiger partial charge in [0.25, 0.3) is 0 Å². The van der Waals surface area contributed by atoms with Crippen molar-refractivity contribution in [3.63, 3.8) is 0 Å². The van der Waals surface area contributed by atoms with Crippen LogP contribution in [0.3, 0.4) is 0 Å². The zero-order valence-electron chi connectivity index (χ0n) is 19.7. The van der Waals surface area contributed by atoms with Gasteiger partial charge in [-0.25, -0.2) is 0 Å². The highest BCUT2D eigenvalue weighted by Gasteiger charge is 2.71. The first-order valence-corrected chi connectivity index (χ1v) is 12.8. The van der Waals surface area contributed by atoms with Crippen LogP contribution < -0.4 is 0 Å². The number of carboxylic acid groups (broad SMARTS) is 1. The van der Waals surface area contributed by atoms with E-state index in [0.717, 1.165) is 63.6 Å². The van der Waals surface area contributed by atoms with Crippen molar-refractivity contribution in [3.05, 3.63) is 11.6 Å². The summed E-state index contributed by atoms with van der Waals surface area (Å²) < 4.78 is 5.72. The molecule has 0 aromatic rings. The maximum Gasteiger partial charge on any atom is 0.314 e. The third kappa shape index (κ3) is 4.12. The molecule has 0 spiro atoms. The van der Waals surface area contributed by atoms with Crippen molar-refractivity contribution in [1.29, 1.82) is 0 Å². The molecule has 1 N–H and O–H groups in total. The predicted molar refractivity (Wildman–Crippen MR) is 124 cm³/mol. The molecule has 3 aliphatic rings. The van der Waals surface area contributed by atoms with E-state index in [1.165, 1.54) is 0 Å². The molecule has 0 aromatic heterocycles. The van der Waals surface area contributed by atoms with Crippen LogP contribution in [0.15, 0.2) is 11.6 Å². The van der Waals surface area contributed by atoms with E-state index in [0.29, 0.717) is 18.8 Å². The molecule has 0 heterocycles. The molecule has 7 atom stereocenters. The van der Waals surface area contributed by atoms with Gasteiger partial charge < -0.3 is 14.6 Å². The van der Waals surface area contributed by atoms with Gasteiger partial charge in [-0.1, -0.05) is 52.2 Å². The first-order valence-electron chi connectivity index (χ1n) is 12.4. The van der Waals surface area contributed by atoms with Gasteiger partial charge in [0.2, 0.25) is 0 Å². The van der Waals surface area contributed by atoms with E-state index >= 15 is 0 Å². The van der Waals surface area contributed by atoms with E-state index in [9.17, 15) is 14.7 Å². The Morgan fingerprint density at radius 2 is 2.00 bits per heavy atom. The molecule has 7 unspecified atom stereocenters. The topological polar surface area (TPSA) is 63.6 Å². The van der Waals surface area contributed by atoms with E-state index in [1.54, 1.807) is 0 Å². The molecule has 3 aliphatic carbocycles. The van der Waals surface area contributed by atoms with Crippen molar-refractivity contribution in [2.24, 2.45) is 40.4 Å². The van der Waals surface area contributed by atoms with Gasteiger partial charge in [0, 0.05) is 24.0 Å². The number of ether oxygens (including phenoxy) is 1. The van der Waals surface area contributed by atoms with Gasteiger partial charge in [-0.15, -0.1) is 11.6 Å². The van der Waals surface area contributed by atoms with Gasteiger partial charge in [0.1, 0.15) is 11.7 Å². The first-order chi connectivity index (χ1) is 14.7. The van der Waals surface area contributed by atoms with Crippen LogP contribution in [0.4, 0.5) is 0 Å². The Labute approximate surface area is 193 Å². The van der Waals surface area contributed by atoms with E-state index in [2.05, 4.69) is 33.8 Å². The summed E-state index contributed by atoms with van der Waals surface area (Å²) in [6.07, 6.45) is 10.5. The molecule has 4 nitrogen and oxygen atoms in total. The maximum absolute atomic E-state index is 12.9. The fourth-order valence-corrected chi connectivity index (χ4v) is 7.60. The molecule has 5 heteroatoms. The van der Waals surface area contributed by atoms with Crippen molar-refractivity contribution in [2.75, 3.05) is 13.2 Å². The number of alkyl halides is 1. The van der Waals surface area contributed by atoms with Crippen LogP contribution in [0.2, 0.25) is 0 Å². The Bertz CT molecular complexity index is 689. The van der Waals surface area contributed by atoms with Crippen molar-refractivity contribution >= 4 is 23.9 Å². The van der Waals surface area contributed by atoms with E-state index < -0.39 is 16.8 Å². The summed E-state index contributed by atoms with van der Waals surface area (Å²) in [5.41, 5.74) is -0.921. The number of aldehydes is 1. The lowest BCUT2D eigenvalue weighted by Gasteiger charge is -2.48. The van der Waals surface area contributed by atoms with Crippen molar-refractivity contribution in [1.82, 2.24) is 0 Å². The molecule has 0 aromatic carbocycles. The molecule has 176 valence electrons. The smallest absolute Gasteiger partial charge is 0.314 e. The monoisotopic (exact) mass is 452 g/mol. The van der Waals surface area contributed by atoms with E-state index in [4.69, 9.17) is 16.3 Å². The van der Waals surface area contributed by atoms with Gasteiger partial charge in [0.05, 0.1) is 0 Å². The van der Waals surface area contributed by atoms with Gasteiger partial charge in [-0.2, -0.15) is 0 Å². The number of unbranched alkanes of at least 4 members (excludes halogenated alkanes) is 2. The zero-order valence-corrected chi connectivity index (χ0v) is 20.5. The highest BCUT2D eigenvalue weighted by atomic mass is 35.5. The second kappa shape index (κ2) is 9.95. The normalized spacial score (nSPS) is 39.3. The molecule has 0 radical (unpaired) electrons. The number of halogens is 1. The molecule has 2 fully saturated rings. The fraction of sp³-hybridized carbons (Fsp3) is 0.846. The lowest BCUT2D eigenvalue weighted by Crippen LogP contribution is -2.53. The Balaban J connectivity index is 1.81. The fourth-order valence-electron chi connectivity index (χ4n) is 7.22. The van der Waals surface area contributed by atoms with Crippen LogP contribution in [0.1, 0.15) is 79.1 Å². The van der Waals surface area contributed by atoms with Gasteiger partial charge in [0.15, 0.2) is 0 Å². The third-order valence-corrected chi connectivity index (χ3v) is 9.27. The number of carbonyl (C=O) groups excluding carboxylic acids is 1. The number of carbonyl (C=O) groups is 2. The van der Waals surface area contributed by atoms with Gasteiger partial charge in [-0.05, 0) is 68.1 Å². The summed E-state index contributed by atoms with van der Waals surface area (Å²) in [5, 5.41) is 10.5. The van der Waals surface area contributed by atoms with Crippen LogP contribution in [0.5, 0.6) is 0 Å². The Morgan fingerprint density at radius 3 is 2.61 bits per heavy atom.